The Morgan fingerprint density at radius 2 is 1.40 bits per heavy atom. The van der Waals surface area contributed by atoms with E-state index in [1.165, 1.54) is 0 Å². The van der Waals surface area contributed by atoms with E-state index in [0.29, 0.717) is 16.0 Å². The van der Waals surface area contributed by atoms with Crippen LogP contribution >= 0.6 is 0 Å². The minimum absolute atomic E-state index is 0.0376. The molecule has 0 spiro atoms. The molecule has 0 aliphatic rings. The van der Waals surface area contributed by atoms with Crippen molar-refractivity contribution in [2.45, 2.75) is 13.2 Å². The summed E-state index contributed by atoms with van der Waals surface area (Å²) in [6.45, 7) is 1.68. The number of aliphatic hydroxyl groups is 1. The summed E-state index contributed by atoms with van der Waals surface area (Å²) in [5.41, 5.74) is 2.13. The molecule has 2 aromatic carbocycles. The maximum Gasteiger partial charge on any atom is 0.136 e. The topological polar surface area (TPSA) is 94.8 Å². The zero-order chi connectivity index (χ0) is 18.4. The fourth-order valence-corrected chi connectivity index (χ4v) is 2.33. The van der Waals surface area contributed by atoms with Crippen molar-refractivity contribution in [3.63, 3.8) is 0 Å². The van der Waals surface area contributed by atoms with Crippen LogP contribution in [0.3, 0.4) is 0 Å². The molecular weight excluding hydrogens is 312 g/mol. The first-order valence-electron chi connectivity index (χ1n) is 7.58. The first kappa shape index (κ1) is 17.8. The molecule has 0 fully saturated rings. The van der Waals surface area contributed by atoms with E-state index in [2.05, 4.69) is 6.07 Å². The van der Waals surface area contributed by atoms with E-state index in [-0.39, 0.29) is 5.57 Å². The molecule has 25 heavy (non-hydrogen) atoms. The number of rotatable bonds is 3. The molecule has 2 aromatic rings. The van der Waals surface area contributed by atoms with Gasteiger partial charge in [-0.05, 0) is 29.8 Å². The van der Waals surface area contributed by atoms with Crippen molar-refractivity contribution in [2.24, 2.45) is 0 Å². The second kappa shape index (κ2) is 7.79. The van der Waals surface area contributed by atoms with Crippen molar-refractivity contribution in [3.8, 4) is 18.2 Å². The molecule has 5 nitrogen and oxygen atoms in total. The number of aliphatic hydroxyl groups excluding tert-OH is 1. The minimum atomic E-state index is -0.608. The number of hydrogen-bond donors (Lipinski definition) is 1. The summed E-state index contributed by atoms with van der Waals surface area (Å²) in [6, 6.07) is 20.0. The highest BCUT2D eigenvalue weighted by atomic mass is 16.3. The molecular formula is C20H16N4O. The molecule has 0 bridgehead atoms. The first-order valence-corrected chi connectivity index (χ1v) is 7.58. The fraction of sp³-hybridized carbons (Fsp3) is 0.150. The van der Waals surface area contributed by atoms with Crippen LogP contribution in [-0.2, 0) is 0 Å². The summed E-state index contributed by atoms with van der Waals surface area (Å²) in [7, 11) is 1.78. The summed E-state index contributed by atoms with van der Waals surface area (Å²) in [5, 5.41) is 38.2. The molecule has 0 radical (unpaired) electrons. The first-order chi connectivity index (χ1) is 12.0. The Balaban J connectivity index is 2.52. The largest absolute Gasteiger partial charge is 0.374 e. The Labute approximate surface area is 146 Å². The maximum absolute atomic E-state index is 9.61. The van der Waals surface area contributed by atoms with E-state index in [4.69, 9.17) is 10.5 Å². The number of anilines is 1. The van der Waals surface area contributed by atoms with Crippen LogP contribution in [0.1, 0.15) is 12.5 Å². The lowest BCUT2D eigenvalue weighted by molar-refractivity contribution is 0.195. The molecule has 0 saturated heterocycles. The van der Waals surface area contributed by atoms with Gasteiger partial charge in [0.1, 0.15) is 30.0 Å². The molecule has 5 heteroatoms. The lowest BCUT2D eigenvalue weighted by atomic mass is 10.0. The monoisotopic (exact) mass is 328 g/mol. The lowest BCUT2D eigenvalue weighted by Crippen LogP contribution is -2.27. The second-order valence-corrected chi connectivity index (χ2v) is 5.45. The summed E-state index contributed by atoms with van der Waals surface area (Å²) >= 11 is 0. The van der Waals surface area contributed by atoms with Crippen LogP contribution in [0.5, 0.6) is 0 Å². The molecule has 1 unspecified atom stereocenters. The van der Waals surface area contributed by atoms with E-state index in [1.54, 1.807) is 43.1 Å². The van der Waals surface area contributed by atoms with Gasteiger partial charge in [-0.15, -0.1) is 0 Å². The smallest absolute Gasteiger partial charge is 0.136 e. The number of benzene rings is 2. The normalized spacial score (nSPS) is 10.7. The summed E-state index contributed by atoms with van der Waals surface area (Å²) < 4.78 is 0. The highest BCUT2D eigenvalue weighted by Crippen LogP contribution is 2.18. The third-order valence-electron chi connectivity index (χ3n) is 3.92. The third kappa shape index (κ3) is 3.85. The van der Waals surface area contributed by atoms with Gasteiger partial charge in [-0.25, -0.2) is 0 Å². The van der Waals surface area contributed by atoms with E-state index in [9.17, 15) is 10.4 Å². The Morgan fingerprint density at radius 1 is 0.880 bits per heavy atom. The Kier molecular flexibility index (Phi) is 5.54. The SMILES string of the molecule is CC(O)N(C)c1ccc(C(C#N)=c2ccc(=C(C#N)C#N)cc2)cc1. The molecule has 1 atom stereocenters. The molecule has 1 N–H and O–H groups in total. The molecule has 0 saturated carbocycles. The van der Waals surface area contributed by atoms with Crippen molar-refractivity contribution < 1.29 is 5.11 Å². The number of hydrogen-bond acceptors (Lipinski definition) is 5. The Bertz CT molecular complexity index is 976. The van der Waals surface area contributed by atoms with E-state index in [0.717, 1.165) is 11.3 Å². The van der Waals surface area contributed by atoms with Crippen LogP contribution in [0, 0.1) is 34.0 Å². The summed E-state index contributed by atoms with van der Waals surface area (Å²) in [5.74, 6) is 0. The molecule has 0 amide bonds. The van der Waals surface area contributed by atoms with Gasteiger partial charge in [0, 0.05) is 18.0 Å². The molecule has 0 aromatic heterocycles. The van der Waals surface area contributed by atoms with Gasteiger partial charge in [-0.1, -0.05) is 36.4 Å². The third-order valence-corrected chi connectivity index (χ3v) is 3.92. The molecule has 122 valence electrons. The van der Waals surface area contributed by atoms with Crippen molar-refractivity contribution in [1.29, 1.82) is 15.8 Å². The van der Waals surface area contributed by atoms with Gasteiger partial charge < -0.3 is 10.0 Å². The molecule has 0 aliphatic carbocycles. The highest BCUT2D eigenvalue weighted by Gasteiger charge is 2.07. The van der Waals surface area contributed by atoms with Gasteiger partial charge in [0.25, 0.3) is 0 Å². The van der Waals surface area contributed by atoms with Crippen LogP contribution in [-0.4, -0.2) is 18.4 Å². The molecule has 2 rings (SSSR count). The summed E-state index contributed by atoms with van der Waals surface area (Å²) in [4.78, 5) is 1.71. The zero-order valence-corrected chi connectivity index (χ0v) is 13.9. The number of nitrogens with zero attached hydrogens (tertiary/aromatic N) is 4. The van der Waals surface area contributed by atoms with Crippen LogP contribution in [0.4, 0.5) is 5.69 Å². The van der Waals surface area contributed by atoms with Crippen molar-refractivity contribution in [1.82, 2.24) is 0 Å². The van der Waals surface area contributed by atoms with Crippen molar-refractivity contribution >= 4 is 16.8 Å². The zero-order valence-electron chi connectivity index (χ0n) is 13.9. The van der Waals surface area contributed by atoms with Crippen molar-refractivity contribution in [2.75, 3.05) is 11.9 Å². The van der Waals surface area contributed by atoms with Crippen LogP contribution in [0.2, 0.25) is 0 Å². The standard InChI is InChI=1S/C20H16N4O/c1-14(25)24(2)19-9-7-17(8-10-19)20(13-23)16-5-3-15(4-6-16)18(11-21)12-22/h3-10,14,25H,1-2H3. The average Bonchev–Trinajstić information content (AvgIpc) is 2.64. The van der Waals surface area contributed by atoms with Gasteiger partial charge in [0.15, 0.2) is 0 Å². The van der Waals surface area contributed by atoms with Gasteiger partial charge in [0.05, 0.1) is 5.57 Å². The van der Waals surface area contributed by atoms with Gasteiger partial charge in [-0.2, -0.15) is 15.8 Å². The predicted molar refractivity (Wildman–Crippen MR) is 95.0 cm³/mol. The predicted octanol–water partition coefficient (Wildman–Crippen LogP) is 1.38. The van der Waals surface area contributed by atoms with Gasteiger partial charge in [0.2, 0.25) is 0 Å². The van der Waals surface area contributed by atoms with E-state index < -0.39 is 6.23 Å². The number of nitriles is 3. The average molecular weight is 328 g/mol. The van der Waals surface area contributed by atoms with Crippen LogP contribution < -0.4 is 15.3 Å². The molecule has 0 heterocycles. The lowest BCUT2D eigenvalue weighted by Gasteiger charge is -2.22. The maximum atomic E-state index is 9.61. The highest BCUT2D eigenvalue weighted by molar-refractivity contribution is 5.77. The van der Waals surface area contributed by atoms with Crippen LogP contribution in [0.25, 0.3) is 11.1 Å². The van der Waals surface area contributed by atoms with Gasteiger partial charge >= 0.3 is 0 Å². The summed E-state index contributed by atoms with van der Waals surface area (Å²) in [6.07, 6.45) is -0.608. The quantitative estimate of drug-likeness (QED) is 0.859. The molecule has 0 aliphatic heterocycles. The van der Waals surface area contributed by atoms with Gasteiger partial charge in [-0.3, -0.25) is 0 Å². The fourth-order valence-electron chi connectivity index (χ4n) is 2.33. The van der Waals surface area contributed by atoms with E-state index >= 15 is 0 Å². The van der Waals surface area contributed by atoms with E-state index in [1.807, 2.05) is 36.4 Å². The van der Waals surface area contributed by atoms with Crippen molar-refractivity contribution in [3.05, 3.63) is 64.5 Å². The Hall–Kier alpha value is -3.59. The second-order valence-electron chi connectivity index (χ2n) is 5.45. The minimum Gasteiger partial charge on any atom is -0.374 e. The Morgan fingerprint density at radius 3 is 1.84 bits per heavy atom. The van der Waals surface area contributed by atoms with Crippen LogP contribution in [0.15, 0.2) is 48.5 Å².